The Kier molecular flexibility index (Phi) is 3.61. The predicted octanol–water partition coefficient (Wildman–Crippen LogP) is 2.64. The molecule has 0 aliphatic carbocycles. The van der Waals surface area contributed by atoms with Gasteiger partial charge in [0.15, 0.2) is 0 Å². The monoisotopic (exact) mass is 213 g/mol. The zero-order valence-corrected chi connectivity index (χ0v) is 10.2. The third-order valence-corrected chi connectivity index (χ3v) is 4.08. The fourth-order valence-electron chi connectivity index (χ4n) is 0.984. The largest absolute Gasteiger partial charge is 0.322 e. The fourth-order valence-corrected chi connectivity index (χ4v) is 2.08. The van der Waals surface area contributed by atoms with Gasteiger partial charge in [0.05, 0.1) is 6.04 Å². The molecule has 0 bridgehead atoms. The third-order valence-electron chi connectivity index (χ3n) is 2.66. The first-order valence-electron chi connectivity index (χ1n) is 5.10. The van der Waals surface area contributed by atoms with E-state index in [1.807, 2.05) is 0 Å². The van der Waals surface area contributed by atoms with Gasteiger partial charge in [-0.25, -0.2) is 0 Å². The van der Waals surface area contributed by atoms with Gasteiger partial charge in [-0.15, -0.1) is 10.2 Å². The van der Waals surface area contributed by atoms with Crippen LogP contribution in [-0.2, 0) is 5.41 Å². The summed E-state index contributed by atoms with van der Waals surface area (Å²) >= 11 is 1.65. The maximum atomic E-state index is 5.90. The molecule has 0 fully saturated rings. The van der Waals surface area contributed by atoms with Crippen LogP contribution < -0.4 is 5.73 Å². The molecule has 14 heavy (non-hydrogen) atoms. The van der Waals surface area contributed by atoms with Crippen molar-refractivity contribution in [3.8, 4) is 0 Å². The maximum absolute atomic E-state index is 5.90. The second-order valence-electron chi connectivity index (χ2n) is 4.20. The highest BCUT2D eigenvalue weighted by Gasteiger charge is 2.24. The van der Waals surface area contributed by atoms with Crippen molar-refractivity contribution in [1.82, 2.24) is 10.2 Å². The van der Waals surface area contributed by atoms with Crippen molar-refractivity contribution in [3.63, 3.8) is 0 Å². The zero-order chi connectivity index (χ0) is 10.8. The standard InChI is InChI=1S/C10H19N3S/c1-5-7(11)8-12-13-9(14-8)10(3,4)6-2/h7H,5-6,11H2,1-4H3. The molecular weight excluding hydrogens is 194 g/mol. The van der Waals surface area contributed by atoms with E-state index in [1.54, 1.807) is 11.3 Å². The van der Waals surface area contributed by atoms with Crippen molar-refractivity contribution < 1.29 is 0 Å². The van der Waals surface area contributed by atoms with Crippen LogP contribution in [0.2, 0.25) is 0 Å². The number of nitrogens with zero attached hydrogens (tertiary/aromatic N) is 2. The SMILES string of the molecule is CCC(N)c1nnc(C(C)(C)CC)s1. The van der Waals surface area contributed by atoms with Crippen LogP contribution in [0.5, 0.6) is 0 Å². The smallest absolute Gasteiger partial charge is 0.134 e. The van der Waals surface area contributed by atoms with E-state index in [-0.39, 0.29) is 11.5 Å². The van der Waals surface area contributed by atoms with E-state index in [0.717, 1.165) is 22.9 Å². The summed E-state index contributed by atoms with van der Waals surface area (Å²) in [5.41, 5.74) is 6.03. The number of rotatable bonds is 4. The van der Waals surface area contributed by atoms with Gasteiger partial charge in [-0.05, 0) is 12.8 Å². The molecule has 1 unspecified atom stereocenters. The van der Waals surface area contributed by atoms with E-state index >= 15 is 0 Å². The summed E-state index contributed by atoms with van der Waals surface area (Å²) in [7, 11) is 0. The molecule has 0 amide bonds. The Labute approximate surface area is 89.7 Å². The first-order valence-corrected chi connectivity index (χ1v) is 5.92. The first-order chi connectivity index (χ1) is 6.51. The molecule has 0 saturated carbocycles. The van der Waals surface area contributed by atoms with Gasteiger partial charge in [-0.2, -0.15) is 0 Å². The molecule has 2 N–H and O–H groups in total. The van der Waals surface area contributed by atoms with Crippen LogP contribution in [0.4, 0.5) is 0 Å². The predicted molar refractivity (Wildman–Crippen MR) is 60.4 cm³/mol. The Balaban J connectivity index is 2.88. The Morgan fingerprint density at radius 3 is 2.50 bits per heavy atom. The van der Waals surface area contributed by atoms with E-state index in [1.165, 1.54) is 0 Å². The molecule has 4 heteroatoms. The van der Waals surface area contributed by atoms with Gasteiger partial charge in [0, 0.05) is 5.41 Å². The van der Waals surface area contributed by atoms with Crippen LogP contribution in [0, 0.1) is 0 Å². The molecule has 0 aliphatic rings. The number of hydrogen-bond acceptors (Lipinski definition) is 4. The quantitative estimate of drug-likeness (QED) is 0.836. The Hall–Kier alpha value is -0.480. The van der Waals surface area contributed by atoms with Crippen LogP contribution in [0.25, 0.3) is 0 Å². The lowest BCUT2D eigenvalue weighted by atomic mass is 9.91. The summed E-state index contributed by atoms with van der Waals surface area (Å²) in [6.07, 6.45) is 1.99. The van der Waals surface area contributed by atoms with E-state index < -0.39 is 0 Å². The minimum Gasteiger partial charge on any atom is -0.322 e. The minimum atomic E-state index is 0.0499. The topological polar surface area (TPSA) is 51.8 Å². The molecule has 1 heterocycles. The fraction of sp³-hybridized carbons (Fsp3) is 0.800. The van der Waals surface area contributed by atoms with Crippen LogP contribution in [0.3, 0.4) is 0 Å². The Bertz CT molecular complexity index is 293. The first kappa shape index (κ1) is 11.6. The van der Waals surface area contributed by atoms with Crippen molar-refractivity contribution in [2.75, 3.05) is 0 Å². The number of nitrogens with two attached hydrogens (primary N) is 1. The molecule has 0 aromatic carbocycles. The Morgan fingerprint density at radius 2 is 2.00 bits per heavy atom. The molecule has 0 saturated heterocycles. The van der Waals surface area contributed by atoms with Gasteiger partial charge < -0.3 is 5.73 Å². The number of hydrogen-bond donors (Lipinski definition) is 1. The molecule has 0 radical (unpaired) electrons. The number of aromatic nitrogens is 2. The van der Waals surface area contributed by atoms with E-state index in [9.17, 15) is 0 Å². The van der Waals surface area contributed by atoms with Crippen molar-refractivity contribution in [1.29, 1.82) is 0 Å². The van der Waals surface area contributed by atoms with Crippen molar-refractivity contribution >= 4 is 11.3 Å². The average molecular weight is 213 g/mol. The van der Waals surface area contributed by atoms with Crippen LogP contribution in [0.15, 0.2) is 0 Å². The van der Waals surface area contributed by atoms with Crippen molar-refractivity contribution in [2.24, 2.45) is 5.73 Å². The van der Waals surface area contributed by atoms with E-state index in [0.29, 0.717) is 0 Å². The summed E-state index contributed by atoms with van der Waals surface area (Å²) < 4.78 is 0. The molecule has 3 nitrogen and oxygen atoms in total. The molecule has 1 aromatic heterocycles. The van der Waals surface area contributed by atoms with E-state index in [2.05, 4.69) is 37.9 Å². The van der Waals surface area contributed by atoms with Crippen molar-refractivity contribution in [2.45, 2.75) is 52.0 Å². The summed E-state index contributed by atoms with van der Waals surface area (Å²) in [6, 6.07) is 0.0499. The molecule has 1 rings (SSSR count). The summed E-state index contributed by atoms with van der Waals surface area (Å²) in [4.78, 5) is 0. The molecule has 0 spiro atoms. The van der Waals surface area contributed by atoms with Gasteiger partial charge in [-0.1, -0.05) is 39.0 Å². The van der Waals surface area contributed by atoms with Gasteiger partial charge in [0.2, 0.25) is 0 Å². The molecule has 80 valence electrons. The summed E-state index contributed by atoms with van der Waals surface area (Å²) in [5, 5.41) is 10.4. The second kappa shape index (κ2) is 4.36. The molecule has 0 aliphatic heterocycles. The molecule has 1 atom stereocenters. The Morgan fingerprint density at radius 1 is 1.36 bits per heavy atom. The lowest BCUT2D eigenvalue weighted by molar-refractivity contribution is 0.498. The zero-order valence-electron chi connectivity index (χ0n) is 9.37. The van der Waals surface area contributed by atoms with Gasteiger partial charge in [-0.3, -0.25) is 0 Å². The highest BCUT2D eigenvalue weighted by Crippen LogP contribution is 2.31. The highest BCUT2D eigenvalue weighted by molar-refractivity contribution is 7.11. The van der Waals surface area contributed by atoms with Gasteiger partial charge in [0.1, 0.15) is 10.0 Å². The van der Waals surface area contributed by atoms with Crippen LogP contribution >= 0.6 is 11.3 Å². The minimum absolute atomic E-state index is 0.0499. The normalized spacial score (nSPS) is 14.4. The van der Waals surface area contributed by atoms with Gasteiger partial charge >= 0.3 is 0 Å². The second-order valence-corrected chi connectivity index (χ2v) is 5.21. The summed E-state index contributed by atoms with van der Waals surface area (Å²) in [6.45, 7) is 8.61. The van der Waals surface area contributed by atoms with Crippen LogP contribution in [0.1, 0.15) is 56.6 Å². The lowest BCUT2D eigenvalue weighted by Gasteiger charge is -2.17. The van der Waals surface area contributed by atoms with Crippen LogP contribution in [-0.4, -0.2) is 10.2 Å². The molecular formula is C10H19N3S. The third kappa shape index (κ3) is 2.30. The molecule has 1 aromatic rings. The lowest BCUT2D eigenvalue weighted by Crippen LogP contribution is -2.14. The van der Waals surface area contributed by atoms with Gasteiger partial charge in [0.25, 0.3) is 0 Å². The highest BCUT2D eigenvalue weighted by atomic mass is 32.1. The van der Waals surface area contributed by atoms with E-state index in [4.69, 9.17) is 5.73 Å². The summed E-state index contributed by atoms with van der Waals surface area (Å²) in [5.74, 6) is 0. The van der Waals surface area contributed by atoms with Crippen molar-refractivity contribution in [3.05, 3.63) is 10.0 Å². The average Bonchev–Trinajstić information content (AvgIpc) is 2.66. The maximum Gasteiger partial charge on any atom is 0.134 e.